The highest BCUT2D eigenvalue weighted by Gasteiger charge is 2.35. The van der Waals surface area contributed by atoms with Crippen LogP contribution in [0.2, 0.25) is 4.34 Å². The first-order valence-electron chi connectivity index (χ1n) is 11.4. The van der Waals surface area contributed by atoms with E-state index in [0.29, 0.717) is 27.5 Å². The molecule has 2 fully saturated rings. The lowest BCUT2D eigenvalue weighted by molar-refractivity contribution is 0.0662. The summed E-state index contributed by atoms with van der Waals surface area (Å²) < 4.78 is 20.8. The average molecular weight is 526 g/mol. The number of likely N-dealkylation sites (N-methyl/N-ethyl adjacent to an activating group) is 1. The number of piperidine rings is 2. The van der Waals surface area contributed by atoms with Gasteiger partial charge in [-0.3, -0.25) is 10.6 Å². The molecule has 4 rings (SSSR count). The van der Waals surface area contributed by atoms with Crippen LogP contribution < -0.4 is 15.5 Å². The van der Waals surface area contributed by atoms with E-state index in [1.54, 1.807) is 25.4 Å². The number of alkyl halides is 1. The summed E-state index contributed by atoms with van der Waals surface area (Å²) in [6.07, 6.45) is 3.09. The Morgan fingerprint density at radius 3 is 2.71 bits per heavy atom. The Balaban J connectivity index is 1.35. The summed E-state index contributed by atoms with van der Waals surface area (Å²) in [6, 6.07) is 2.25. The number of anilines is 3. The molecule has 0 unspecified atom stereocenters. The van der Waals surface area contributed by atoms with Gasteiger partial charge in [0.15, 0.2) is 5.13 Å². The van der Waals surface area contributed by atoms with Crippen molar-refractivity contribution in [2.24, 2.45) is 0 Å². The topological polar surface area (TPSA) is 103 Å². The molecule has 10 nitrogen and oxygen atoms in total. The number of hydrogen-bond acceptors (Lipinski definition) is 8. The highest BCUT2D eigenvalue weighted by atomic mass is 35.5. The van der Waals surface area contributed by atoms with Crippen LogP contribution in [0, 0.1) is 0 Å². The van der Waals surface area contributed by atoms with Crippen LogP contribution >= 0.6 is 22.9 Å². The number of ether oxygens (including phenoxy) is 1. The van der Waals surface area contributed by atoms with Gasteiger partial charge in [-0.05, 0) is 32.4 Å². The molecule has 2 aromatic heterocycles. The molecule has 0 spiro atoms. The number of rotatable bonds is 5. The molecule has 35 heavy (non-hydrogen) atoms. The van der Waals surface area contributed by atoms with Gasteiger partial charge in [-0.25, -0.2) is 23.9 Å². The molecular weight excluding hydrogens is 497 g/mol. The molecule has 0 saturated carbocycles. The average Bonchev–Trinajstić information content (AvgIpc) is 3.25. The molecule has 2 N–H and O–H groups in total. The van der Waals surface area contributed by atoms with Crippen LogP contribution in [-0.4, -0.2) is 90.5 Å². The van der Waals surface area contributed by atoms with E-state index in [4.69, 9.17) is 16.3 Å². The normalized spacial score (nSPS) is 21.4. The predicted molar refractivity (Wildman–Crippen MR) is 134 cm³/mol. The van der Waals surface area contributed by atoms with E-state index < -0.39 is 24.3 Å². The number of amides is 3. The zero-order chi connectivity index (χ0) is 24.9. The largest absolute Gasteiger partial charge is 0.446 e. The van der Waals surface area contributed by atoms with Crippen LogP contribution in [0.1, 0.15) is 19.3 Å². The molecule has 0 radical (unpaired) electrons. The van der Waals surface area contributed by atoms with Crippen LogP contribution in [0.15, 0.2) is 24.5 Å². The number of aromatic nitrogens is 2. The number of nitrogens with zero attached hydrogens (tertiary/aromatic N) is 5. The molecular formula is C22H29ClFN7O3S. The van der Waals surface area contributed by atoms with Gasteiger partial charge in [0, 0.05) is 51.2 Å². The van der Waals surface area contributed by atoms with Gasteiger partial charge in [-0.2, -0.15) is 0 Å². The minimum atomic E-state index is -1.19. The first-order chi connectivity index (χ1) is 16.8. The number of halogens is 2. The van der Waals surface area contributed by atoms with Crippen molar-refractivity contribution >= 4 is 51.7 Å². The molecule has 0 bridgehead atoms. The van der Waals surface area contributed by atoms with Gasteiger partial charge in [-0.15, -0.1) is 0 Å². The van der Waals surface area contributed by atoms with Crippen molar-refractivity contribution in [3.05, 3.63) is 28.9 Å². The maximum absolute atomic E-state index is 14.8. The lowest BCUT2D eigenvalue weighted by Gasteiger charge is -2.40. The Morgan fingerprint density at radius 1 is 1.23 bits per heavy atom. The van der Waals surface area contributed by atoms with Crippen LogP contribution in [0.25, 0.3) is 0 Å². The van der Waals surface area contributed by atoms with E-state index in [9.17, 15) is 14.0 Å². The molecule has 0 aliphatic carbocycles. The summed E-state index contributed by atoms with van der Waals surface area (Å²) >= 11 is 6.99. The standard InChI is InChI=1S/C22H29ClFN7O3S/c1-29-8-4-15(5-9-29)34-22(33)27-14-3-7-25-19(11-14)31-10-6-16(24)17(13-31)30(2)21(32)28-20-26-12-18(23)35-20/h3,7,11-12,15-17H,4-6,8-10,13H2,1-2H3,(H,25,27,33)(H,26,28,32)/t16-,17+/m1/s1. The molecule has 3 amide bonds. The number of carbonyl (C=O) groups is 2. The van der Waals surface area contributed by atoms with Gasteiger partial charge in [0.25, 0.3) is 0 Å². The fourth-order valence-corrected chi connectivity index (χ4v) is 4.99. The molecule has 13 heteroatoms. The number of pyridine rings is 1. The quantitative estimate of drug-likeness (QED) is 0.610. The first-order valence-corrected chi connectivity index (χ1v) is 12.6. The SMILES string of the molecule is CN1CCC(OC(=O)Nc2ccnc(N3CC[C@@H](F)[C@@H](N(C)C(=O)Nc4ncc(Cl)s4)C3)c2)CC1. The molecule has 2 atom stereocenters. The third-order valence-corrected chi connectivity index (χ3v) is 7.29. The van der Waals surface area contributed by atoms with Crippen LogP contribution in [-0.2, 0) is 4.74 Å². The Labute approximate surface area is 212 Å². The molecule has 2 aromatic rings. The Hall–Kier alpha value is -2.70. The van der Waals surface area contributed by atoms with Crippen molar-refractivity contribution in [2.45, 2.75) is 37.6 Å². The zero-order valence-corrected chi connectivity index (χ0v) is 21.2. The van der Waals surface area contributed by atoms with Gasteiger partial charge in [0.05, 0.1) is 12.2 Å². The van der Waals surface area contributed by atoms with Gasteiger partial charge < -0.3 is 19.4 Å². The number of hydrogen-bond donors (Lipinski definition) is 2. The highest BCUT2D eigenvalue weighted by molar-refractivity contribution is 7.19. The number of likely N-dealkylation sites (tertiary alicyclic amines) is 1. The zero-order valence-electron chi connectivity index (χ0n) is 19.6. The van der Waals surface area contributed by atoms with Crippen molar-refractivity contribution in [2.75, 3.05) is 55.8 Å². The molecule has 2 saturated heterocycles. The van der Waals surface area contributed by atoms with E-state index in [0.717, 1.165) is 37.3 Å². The van der Waals surface area contributed by atoms with Gasteiger partial charge in [0.1, 0.15) is 22.4 Å². The first kappa shape index (κ1) is 25.4. The summed E-state index contributed by atoms with van der Waals surface area (Å²) in [4.78, 5) is 38.9. The Bertz CT molecular complexity index is 1040. The number of urea groups is 1. The second-order valence-electron chi connectivity index (χ2n) is 8.76. The lowest BCUT2D eigenvalue weighted by Crippen LogP contribution is -2.55. The fraction of sp³-hybridized carbons (Fsp3) is 0.545. The number of nitrogens with one attached hydrogen (secondary N) is 2. The van der Waals surface area contributed by atoms with Crippen LogP contribution in [0.4, 0.5) is 30.6 Å². The van der Waals surface area contributed by atoms with E-state index in [1.165, 1.54) is 11.1 Å². The van der Waals surface area contributed by atoms with Gasteiger partial charge in [0.2, 0.25) is 0 Å². The molecule has 190 valence electrons. The number of thiazole rings is 1. The summed E-state index contributed by atoms with van der Waals surface area (Å²) in [7, 11) is 3.60. The summed E-state index contributed by atoms with van der Waals surface area (Å²) in [5, 5.41) is 5.76. The molecule has 2 aliphatic heterocycles. The minimum absolute atomic E-state index is 0.0982. The second-order valence-corrected chi connectivity index (χ2v) is 10.4. The van der Waals surface area contributed by atoms with Crippen LogP contribution in [0.3, 0.4) is 0 Å². The monoisotopic (exact) mass is 525 g/mol. The summed E-state index contributed by atoms with van der Waals surface area (Å²) in [6.45, 7) is 2.48. The van der Waals surface area contributed by atoms with Crippen molar-refractivity contribution in [3.8, 4) is 0 Å². The highest BCUT2D eigenvalue weighted by Crippen LogP contribution is 2.27. The van der Waals surface area contributed by atoms with Crippen molar-refractivity contribution in [3.63, 3.8) is 0 Å². The maximum Gasteiger partial charge on any atom is 0.411 e. The Kier molecular flexibility index (Phi) is 8.24. The predicted octanol–water partition coefficient (Wildman–Crippen LogP) is 3.91. The van der Waals surface area contributed by atoms with E-state index in [-0.39, 0.29) is 19.1 Å². The third-order valence-electron chi connectivity index (χ3n) is 6.26. The molecule has 0 aromatic carbocycles. The molecule has 2 aliphatic rings. The van der Waals surface area contributed by atoms with Crippen molar-refractivity contribution < 1.29 is 18.7 Å². The van der Waals surface area contributed by atoms with Crippen LogP contribution in [0.5, 0.6) is 0 Å². The fourth-order valence-electron chi connectivity index (χ4n) is 4.19. The van der Waals surface area contributed by atoms with Crippen molar-refractivity contribution in [1.82, 2.24) is 19.8 Å². The van der Waals surface area contributed by atoms with Crippen molar-refractivity contribution in [1.29, 1.82) is 0 Å². The third kappa shape index (κ3) is 6.71. The number of carbonyl (C=O) groups excluding carboxylic acids is 2. The van der Waals surface area contributed by atoms with E-state index in [1.807, 2.05) is 11.9 Å². The smallest absolute Gasteiger partial charge is 0.411 e. The van der Waals surface area contributed by atoms with Gasteiger partial charge in [-0.1, -0.05) is 22.9 Å². The van der Waals surface area contributed by atoms with E-state index >= 15 is 0 Å². The lowest BCUT2D eigenvalue weighted by atomic mass is 10.0. The minimum Gasteiger partial charge on any atom is -0.446 e. The van der Waals surface area contributed by atoms with E-state index in [2.05, 4.69) is 25.5 Å². The molecule has 4 heterocycles. The van der Waals surface area contributed by atoms with Gasteiger partial charge >= 0.3 is 12.1 Å². The Morgan fingerprint density at radius 2 is 2.00 bits per heavy atom. The summed E-state index contributed by atoms with van der Waals surface area (Å²) in [5.41, 5.74) is 0.540. The maximum atomic E-state index is 14.8. The summed E-state index contributed by atoms with van der Waals surface area (Å²) in [5.74, 6) is 0.583. The second kappa shape index (κ2) is 11.4.